The maximum absolute atomic E-state index is 5.98. The van der Waals surface area contributed by atoms with Crippen molar-refractivity contribution < 1.29 is 0 Å². The minimum absolute atomic E-state index is 0.147. The van der Waals surface area contributed by atoms with E-state index < -0.39 is 0 Å². The van der Waals surface area contributed by atoms with Crippen molar-refractivity contribution in [3.63, 3.8) is 0 Å². The Kier molecular flexibility index (Phi) is 3.85. The van der Waals surface area contributed by atoms with Gasteiger partial charge in [-0.3, -0.25) is 0 Å². The average molecular weight is 270 g/mol. The maximum atomic E-state index is 5.98. The van der Waals surface area contributed by atoms with Crippen molar-refractivity contribution in [1.82, 2.24) is 14.9 Å². The van der Waals surface area contributed by atoms with E-state index in [-0.39, 0.29) is 12.1 Å². The van der Waals surface area contributed by atoms with Crippen LogP contribution in [-0.4, -0.2) is 16.1 Å². The largest absolute Gasteiger partial charge is 0.330 e. The van der Waals surface area contributed by atoms with Gasteiger partial charge in [0.1, 0.15) is 0 Å². The van der Waals surface area contributed by atoms with Crippen LogP contribution in [0.1, 0.15) is 49.1 Å². The maximum Gasteiger partial charge on any atom is 0.0951 e. The molecule has 20 heavy (non-hydrogen) atoms. The Labute approximate surface area is 120 Å². The Morgan fingerprint density at radius 1 is 1.35 bits per heavy atom. The Hall–Kier alpha value is -1.65. The standard InChI is InChI=1S/C16H22N4/c1-12(13-5-3-2-4-6-13)19-15(9-17)16-10-18-11-20(16)14-7-8-14/h2-6,10-12,14-15,19H,7-9,17H2,1H3. The first-order chi connectivity index (χ1) is 9.79. The molecule has 1 aromatic carbocycles. The molecule has 2 atom stereocenters. The highest BCUT2D eigenvalue weighted by atomic mass is 15.1. The zero-order valence-electron chi connectivity index (χ0n) is 11.9. The first kappa shape index (κ1) is 13.3. The van der Waals surface area contributed by atoms with Crippen LogP contribution >= 0.6 is 0 Å². The highest BCUT2D eigenvalue weighted by Crippen LogP contribution is 2.37. The van der Waals surface area contributed by atoms with Gasteiger partial charge in [-0.2, -0.15) is 0 Å². The van der Waals surface area contributed by atoms with Crippen LogP contribution in [0.3, 0.4) is 0 Å². The quantitative estimate of drug-likeness (QED) is 0.848. The van der Waals surface area contributed by atoms with Gasteiger partial charge in [0, 0.05) is 24.8 Å². The first-order valence-corrected chi connectivity index (χ1v) is 7.32. The normalized spacial score (nSPS) is 17.9. The number of nitrogens with one attached hydrogen (secondary N) is 1. The molecule has 1 aliphatic rings. The third-order valence-corrected chi connectivity index (χ3v) is 3.98. The predicted octanol–water partition coefficient (Wildman–Crippen LogP) is 2.57. The molecule has 0 aliphatic heterocycles. The number of benzene rings is 1. The van der Waals surface area contributed by atoms with Gasteiger partial charge >= 0.3 is 0 Å². The topological polar surface area (TPSA) is 55.9 Å². The summed E-state index contributed by atoms with van der Waals surface area (Å²) >= 11 is 0. The Morgan fingerprint density at radius 3 is 2.75 bits per heavy atom. The summed E-state index contributed by atoms with van der Waals surface area (Å²) in [6.07, 6.45) is 6.40. The number of aromatic nitrogens is 2. The van der Waals surface area contributed by atoms with Crippen molar-refractivity contribution in [2.45, 2.75) is 37.9 Å². The SMILES string of the molecule is CC(NC(CN)c1cncn1C1CC1)c1ccccc1. The number of imidazole rings is 1. The van der Waals surface area contributed by atoms with E-state index in [1.54, 1.807) is 0 Å². The molecule has 4 heteroatoms. The lowest BCUT2D eigenvalue weighted by Crippen LogP contribution is -2.32. The van der Waals surface area contributed by atoms with Crippen LogP contribution < -0.4 is 11.1 Å². The molecule has 2 unspecified atom stereocenters. The third-order valence-electron chi connectivity index (χ3n) is 3.98. The second-order valence-corrected chi connectivity index (χ2v) is 5.54. The van der Waals surface area contributed by atoms with Crippen LogP contribution in [0.5, 0.6) is 0 Å². The minimum Gasteiger partial charge on any atom is -0.330 e. The van der Waals surface area contributed by atoms with Crippen molar-refractivity contribution in [1.29, 1.82) is 0 Å². The van der Waals surface area contributed by atoms with Gasteiger partial charge in [0.25, 0.3) is 0 Å². The molecule has 0 saturated heterocycles. The summed E-state index contributed by atoms with van der Waals surface area (Å²) < 4.78 is 2.28. The summed E-state index contributed by atoms with van der Waals surface area (Å²) in [6, 6.07) is 11.5. The van der Waals surface area contributed by atoms with Crippen LogP contribution in [0.25, 0.3) is 0 Å². The molecule has 0 bridgehead atoms. The van der Waals surface area contributed by atoms with Gasteiger partial charge in [-0.15, -0.1) is 0 Å². The van der Waals surface area contributed by atoms with Gasteiger partial charge in [0.2, 0.25) is 0 Å². The molecule has 1 heterocycles. The van der Waals surface area contributed by atoms with Crippen molar-refractivity contribution in [2.24, 2.45) is 5.73 Å². The van der Waals surface area contributed by atoms with Crippen LogP contribution in [0, 0.1) is 0 Å². The van der Waals surface area contributed by atoms with Crippen molar-refractivity contribution in [3.8, 4) is 0 Å². The summed E-state index contributed by atoms with van der Waals surface area (Å²) in [5.41, 5.74) is 8.46. The molecule has 3 N–H and O–H groups in total. The summed E-state index contributed by atoms with van der Waals surface area (Å²) in [5, 5.41) is 3.62. The van der Waals surface area contributed by atoms with Crippen LogP contribution in [-0.2, 0) is 0 Å². The van der Waals surface area contributed by atoms with Crippen molar-refractivity contribution >= 4 is 0 Å². The molecule has 1 fully saturated rings. The van der Waals surface area contributed by atoms with E-state index >= 15 is 0 Å². The molecular formula is C16H22N4. The number of hydrogen-bond donors (Lipinski definition) is 2. The number of hydrogen-bond acceptors (Lipinski definition) is 3. The predicted molar refractivity (Wildman–Crippen MR) is 80.3 cm³/mol. The van der Waals surface area contributed by atoms with E-state index in [4.69, 9.17) is 5.73 Å². The second kappa shape index (κ2) is 5.77. The molecule has 3 rings (SSSR count). The zero-order valence-corrected chi connectivity index (χ0v) is 11.9. The van der Waals surface area contributed by atoms with E-state index in [9.17, 15) is 0 Å². The molecule has 0 radical (unpaired) electrons. The van der Waals surface area contributed by atoms with Gasteiger partial charge < -0.3 is 15.6 Å². The fourth-order valence-electron chi connectivity index (χ4n) is 2.66. The Balaban J connectivity index is 1.75. The highest BCUT2D eigenvalue weighted by Gasteiger charge is 2.28. The summed E-state index contributed by atoms with van der Waals surface area (Å²) in [5.74, 6) is 0. The molecule has 4 nitrogen and oxygen atoms in total. The van der Waals surface area contributed by atoms with E-state index in [1.807, 2.05) is 18.6 Å². The van der Waals surface area contributed by atoms with Gasteiger partial charge in [-0.25, -0.2) is 4.98 Å². The van der Waals surface area contributed by atoms with Crippen LogP contribution in [0.4, 0.5) is 0 Å². The number of nitrogens with two attached hydrogens (primary N) is 1. The van der Waals surface area contributed by atoms with Crippen molar-refractivity contribution in [3.05, 3.63) is 54.1 Å². The average Bonchev–Trinajstić information content (AvgIpc) is 3.23. The molecule has 1 aliphatic carbocycles. The Morgan fingerprint density at radius 2 is 2.10 bits per heavy atom. The fourth-order valence-corrected chi connectivity index (χ4v) is 2.66. The molecule has 106 valence electrons. The van der Waals surface area contributed by atoms with Crippen molar-refractivity contribution in [2.75, 3.05) is 6.54 Å². The molecular weight excluding hydrogens is 248 g/mol. The smallest absolute Gasteiger partial charge is 0.0951 e. The van der Waals surface area contributed by atoms with Gasteiger partial charge in [-0.05, 0) is 25.3 Å². The third kappa shape index (κ3) is 2.76. The monoisotopic (exact) mass is 270 g/mol. The Bertz CT molecular complexity index is 545. The fraction of sp³-hybridized carbons (Fsp3) is 0.438. The van der Waals surface area contributed by atoms with Gasteiger partial charge in [0.15, 0.2) is 0 Å². The molecule has 2 aromatic rings. The lowest BCUT2D eigenvalue weighted by atomic mass is 10.1. The summed E-state index contributed by atoms with van der Waals surface area (Å²) in [4.78, 5) is 4.30. The minimum atomic E-state index is 0.147. The van der Waals surface area contributed by atoms with Gasteiger partial charge in [0.05, 0.1) is 18.1 Å². The van der Waals surface area contributed by atoms with E-state index in [1.165, 1.54) is 24.1 Å². The van der Waals surface area contributed by atoms with E-state index in [0.717, 1.165) is 0 Å². The lowest BCUT2D eigenvalue weighted by molar-refractivity contribution is 0.449. The zero-order chi connectivity index (χ0) is 13.9. The second-order valence-electron chi connectivity index (χ2n) is 5.54. The van der Waals surface area contributed by atoms with Crippen LogP contribution in [0.2, 0.25) is 0 Å². The molecule has 1 aromatic heterocycles. The first-order valence-electron chi connectivity index (χ1n) is 7.32. The molecule has 0 spiro atoms. The van der Waals surface area contributed by atoms with E-state index in [0.29, 0.717) is 12.6 Å². The highest BCUT2D eigenvalue weighted by molar-refractivity contribution is 5.19. The summed E-state index contributed by atoms with van der Waals surface area (Å²) in [6.45, 7) is 2.76. The number of rotatable bonds is 6. The van der Waals surface area contributed by atoms with Crippen LogP contribution in [0.15, 0.2) is 42.9 Å². The molecule has 1 saturated carbocycles. The van der Waals surface area contributed by atoms with E-state index in [2.05, 4.69) is 46.1 Å². The summed E-state index contributed by atoms with van der Waals surface area (Å²) in [7, 11) is 0. The lowest BCUT2D eigenvalue weighted by Gasteiger charge is -2.23. The number of nitrogens with zero attached hydrogens (tertiary/aromatic N) is 2. The van der Waals surface area contributed by atoms with Gasteiger partial charge in [-0.1, -0.05) is 30.3 Å². The molecule has 0 amide bonds.